The summed E-state index contributed by atoms with van der Waals surface area (Å²) in [6.45, 7) is 3.19. The number of ether oxygens (including phenoxy) is 1. The Morgan fingerprint density at radius 3 is 2.86 bits per heavy atom. The molecular weight excluding hydrogens is 282 g/mol. The van der Waals surface area contributed by atoms with Gasteiger partial charge in [0.1, 0.15) is 5.75 Å². The molecule has 1 fully saturated rings. The quantitative estimate of drug-likeness (QED) is 0.817. The van der Waals surface area contributed by atoms with Gasteiger partial charge in [0, 0.05) is 10.9 Å². The zero-order valence-corrected chi connectivity index (χ0v) is 14.0. The van der Waals surface area contributed by atoms with Crippen LogP contribution in [0.25, 0.3) is 0 Å². The third-order valence-corrected chi connectivity index (χ3v) is 5.99. The van der Waals surface area contributed by atoms with Crippen molar-refractivity contribution in [3.63, 3.8) is 0 Å². The molecule has 1 aromatic rings. The lowest BCUT2D eigenvalue weighted by Crippen LogP contribution is -2.41. The average molecular weight is 309 g/mol. The second kappa shape index (κ2) is 8.54. The highest BCUT2D eigenvalue weighted by Gasteiger charge is 2.29. The maximum Gasteiger partial charge on any atom is 0.120 e. The predicted octanol–water partition coefficient (Wildman–Crippen LogP) is 3.50. The molecule has 0 amide bonds. The molecule has 21 heavy (non-hydrogen) atoms. The maximum atomic E-state index is 13.0. The molecule has 0 bridgehead atoms. The van der Waals surface area contributed by atoms with Gasteiger partial charge in [-0.15, -0.1) is 0 Å². The summed E-state index contributed by atoms with van der Waals surface area (Å²) >= 11 is 0. The van der Waals surface area contributed by atoms with E-state index in [1.807, 2.05) is 24.3 Å². The van der Waals surface area contributed by atoms with Crippen LogP contribution in [0.5, 0.6) is 5.75 Å². The molecule has 1 saturated carbocycles. The largest absolute Gasteiger partial charge is 0.497 e. The van der Waals surface area contributed by atoms with E-state index in [-0.39, 0.29) is 5.25 Å². The highest BCUT2D eigenvalue weighted by atomic mass is 32.2. The number of rotatable bonds is 6. The smallest absolute Gasteiger partial charge is 0.120 e. The molecule has 3 unspecified atom stereocenters. The normalized spacial score (nSPS) is 24.3. The minimum absolute atomic E-state index is 0.214. The molecule has 3 atom stereocenters. The van der Waals surface area contributed by atoms with Crippen molar-refractivity contribution in [2.24, 2.45) is 0 Å². The van der Waals surface area contributed by atoms with Crippen molar-refractivity contribution in [1.82, 2.24) is 5.32 Å². The summed E-state index contributed by atoms with van der Waals surface area (Å²) in [6, 6.07) is 8.08. The number of hydrogen-bond acceptors (Lipinski definition) is 3. The van der Waals surface area contributed by atoms with Gasteiger partial charge in [0.05, 0.1) is 23.2 Å². The van der Waals surface area contributed by atoms with Crippen molar-refractivity contribution >= 4 is 10.8 Å². The Balaban J connectivity index is 2.15. The van der Waals surface area contributed by atoms with Crippen molar-refractivity contribution < 1.29 is 8.95 Å². The first-order valence-corrected chi connectivity index (χ1v) is 9.25. The second-order valence-corrected chi connectivity index (χ2v) is 7.39. The summed E-state index contributed by atoms with van der Waals surface area (Å²) in [5.74, 6) is 0.785. The maximum absolute atomic E-state index is 13.0. The Kier molecular flexibility index (Phi) is 6.71. The molecule has 0 aliphatic heterocycles. The molecule has 0 radical (unpaired) electrons. The zero-order valence-electron chi connectivity index (χ0n) is 13.1. The Morgan fingerprint density at radius 2 is 2.10 bits per heavy atom. The summed E-state index contributed by atoms with van der Waals surface area (Å²) in [4.78, 5) is 0.893. The molecule has 0 saturated heterocycles. The molecule has 0 heterocycles. The Labute approximate surface area is 130 Å². The molecule has 0 spiro atoms. The third kappa shape index (κ3) is 4.55. The zero-order chi connectivity index (χ0) is 15.1. The number of benzene rings is 1. The van der Waals surface area contributed by atoms with Crippen molar-refractivity contribution in [2.45, 2.75) is 61.6 Å². The van der Waals surface area contributed by atoms with Gasteiger partial charge in [-0.05, 0) is 44.0 Å². The second-order valence-electron chi connectivity index (χ2n) is 5.71. The topological polar surface area (TPSA) is 38.3 Å². The van der Waals surface area contributed by atoms with E-state index in [1.54, 1.807) is 7.11 Å². The van der Waals surface area contributed by atoms with Crippen LogP contribution < -0.4 is 10.1 Å². The van der Waals surface area contributed by atoms with Gasteiger partial charge in [-0.2, -0.15) is 0 Å². The molecular formula is C17H27NO2S. The number of methoxy groups -OCH3 is 1. The van der Waals surface area contributed by atoms with E-state index in [2.05, 4.69) is 12.2 Å². The van der Waals surface area contributed by atoms with Crippen LogP contribution in [0.1, 0.15) is 45.4 Å². The van der Waals surface area contributed by atoms with Crippen LogP contribution >= 0.6 is 0 Å². The molecule has 1 aliphatic carbocycles. The van der Waals surface area contributed by atoms with Crippen LogP contribution in [-0.4, -0.2) is 29.2 Å². The van der Waals surface area contributed by atoms with E-state index < -0.39 is 10.8 Å². The molecule has 2 rings (SSSR count). The van der Waals surface area contributed by atoms with Gasteiger partial charge in [0.25, 0.3) is 0 Å². The van der Waals surface area contributed by atoms with Gasteiger partial charge < -0.3 is 10.1 Å². The van der Waals surface area contributed by atoms with Crippen LogP contribution in [0, 0.1) is 0 Å². The molecule has 3 nitrogen and oxygen atoms in total. The van der Waals surface area contributed by atoms with Gasteiger partial charge in [-0.25, -0.2) is 0 Å². The molecule has 1 aliphatic rings. The molecule has 1 N–H and O–H groups in total. The Hall–Kier alpha value is -0.870. The molecule has 0 aromatic heterocycles. The SMILES string of the molecule is CCCNC1CCCCCC1S(=O)c1cccc(OC)c1. The first-order chi connectivity index (χ1) is 10.3. The average Bonchev–Trinajstić information content (AvgIpc) is 2.77. The van der Waals surface area contributed by atoms with Crippen LogP contribution in [0.2, 0.25) is 0 Å². The standard InChI is InChI=1S/C17H27NO2S/c1-3-12-18-16-10-5-4-6-11-17(16)21(19)15-9-7-8-14(13-15)20-2/h7-9,13,16-18H,3-6,10-12H2,1-2H3. The summed E-state index contributed by atoms with van der Waals surface area (Å²) in [7, 11) is 0.683. The van der Waals surface area contributed by atoms with Crippen LogP contribution in [0.3, 0.4) is 0 Å². The van der Waals surface area contributed by atoms with E-state index in [0.717, 1.165) is 36.5 Å². The number of hydrogen-bond donors (Lipinski definition) is 1. The first kappa shape index (κ1) is 16.5. The molecule has 4 heteroatoms. The summed E-state index contributed by atoms with van der Waals surface area (Å²) in [5.41, 5.74) is 0. The fourth-order valence-corrected chi connectivity index (χ4v) is 4.70. The van der Waals surface area contributed by atoms with Gasteiger partial charge in [0.15, 0.2) is 0 Å². The highest BCUT2D eigenvalue weighted by molar-refractivity contribution is 7.85. The van der Waals surface area contributed by atoms with Gasteiger partial charge in [0.2, 0.25) is 0 Å². The monoisotopic (exact) mass is 309 g/mol. The fraction of sp³-hybridized carbons (Fsp3) is 0.647. The van der Waals surface area contributed by atoms with Gasteiger partial charge >= 0.3 is 0 Å². The van der Waals surface area contributed by atoms with E-state index in [9.17, 15) is 4.21 Å². The Morgan fingerprint density at radius 1 is 1.29 bits per heavy atom. The lowest BCUT2D eigenvalue weighted by Gasteiger charge is -2.25. The number of nitrogens with one attached hydrogen (secondary N) is 1. The molecule has 118 valence electrons. The van der Waals surface area contributed by atoms with E-state index in [4.69, 9.17) is 4.74 Å². The summed E-state index contributed by atoms with van der Waals surface area (Å²) in [5, 5.41) is 3.83. The third-order valence-electron chi connectivity index (χ3n) is 4.16. The lowest BCUT2D eigenvalue weighted by molar-refractivity contribution is 0.413. The Bertz CT molecular complexity index is 464. The van der Waals surface area contributed by atoms with Crippen LogP contribution in [0.15, 0.2) is 29.2 Å². The summed E-state index contributed by atoms with van der Waals surface area (Å²) < 4.78 is 18.3. The van der Waals surface area contributed by atoms with Gasteiger partial charge in [-0.1, -0.05) is 32.3 Å². The summed E-state index contributed by atoms with van der Waals surface area (Å²) in [6.07, 6.45) is 6.99. The fourth-order valence-electron chi connectivity index (χ4n) is 2.99. The van der Waals surface area contributed by atoms with Crippen LogP contribution in [0.4, 0.5) is 0 Å². The van der Waals surface area contributed by atoms with Crippen molar-refractivity contribution in [3.8, 4) is 5.75 Å². The minimum atomic E-state index is -0.969. The molecule has 1 aromatic carbocycles. The van der Waals surface area contributed by atoms with E-state index in [0.29, 0.717) is 6.04 Å². The van der Waals surface area contributed by atoms with E-state index >= 15 is 0 Å². The first-order valence-electron chi connectivity index (χ1n) is 8.04. The van der Waals surface area contributed by atoms with Crippen molar-refractivity contribution in [2.75, 3.05) is 13.7 Å². The van der Waals surface area contributed by atoms with Crippen molar-refractivity contribution in [1.29, 1.82) is 0 Å². The van der Waals surface area contributed by atoms with Gasteiger partial charge in [-0.3, -0.25) is 4.21 Å². The minimum Gasteiger partial charge on any atom is -0.497 e. The highest BCUT2D eigenvalue weighted by Crippen LogP contribution is 2.27. The van der Waals surface area contributed by atoms with E-state index in [1.165, 1.54) is 19.3 Å². The van der Waals surface area contributed by atoms with Crippen molar-refractivity contribution in [3.05, 3.63) is 24.3 Å². The predicted molar refractivity (Wildman–Crippen MR) is 88.4 cm³/mol. The lowest BCUT2D eigenvalue weighted by atomic mass is 10.1. The van der Waals surface area contributed by atoms with Crippen LogP contribution in [-0.2, 0) is 10.8 Å².